The van der Waals surface area contributed by atoms with Gasteiger partial charge in [-0.3, -0.25) is 9.69 Å². The van der Waals surface area contributed by atoms with Crippen LogP contribution in [0.4, 0.5) is 0 Å². The molecule has 0 aliphatic carbocycles. The molecule has 1 aliphatic heterocycles. The maximum absolute atomic E-state index is 11.9. The standard InChI is InChI=1S/C18H23N3O2/c1-2-23-18(22)16-4-3-10-20(13-16)12-15-5-7-17(8-6-15)21-11-9-19-14-21/h5-9,11,14,16H,2-4,10,12-13H2,1H3. The molecule has 1 atom stereocenters. The first-order valence-corrected chi connectivity index (χ1v) is 8.22. The number of aromatic nitrogens is 2. The number of hydrogen-bond donors (Lipinski definition) is 0. The van der Waals surface area contributed by atoms with Crippen LogP contribution in [0.15, 0.2) is 43.0 Å². The Hall–Kier alpha value is -2.14. The minimum atomic E-state index is -0.0485. The van der Waals surface area contributed by atoms with Crippen molar-refractivity contribution in [1.82, 2.24) is 14.5 Å². The lowest BCUT2D eigenvalue weighted by molar-refractivity contribution is -0.150. The zero-order valence-corrected chi connectivity index (χ0v) is 13.5. The molecule has 5 nitrogen and oxygen atoms in total. The van der Waals surface area contributed by atoms with Crippen molar-refractivity contribution in [2.24, 2.45) is 5.92 Å². The second-order valence-corrected chi connectivity index (χ2v) is 5.96. The number of likely N-dealkylation sites (tertiary alicyclic amines) is 1. The van der Waals surface area contributed by atoms with Crippen LogP contribution in [-0.2, 0) is 16.1 Å². The topological polar surface area (TPSA) is 47.4 Å². The largest absolute Gasteiger partial charge is 0.466 e. The number of esters is 1. The first-order valence-electron chi connectivity index (χ1n) is 8.22. The SMILES string of the molecule is CCOC(=O)C1CCCN(Cc2ccc(-n3ccnc3)cc2)C1. The average molecular weight is 313 g/mol. The van der Waals surface area contributed by atoms with E-state index in [2.05, 4.69) is 34.1 Å². The Bertz CT molecular complexity index is 622. The van der Waals surface area contributed by atoms with Gasteiger partial charge in [0.1, 0.15) is 0 Å². The van der Waals surface area contributed by atoms with E-state index < -0.39 is 0 Å². The van der Waals surface area contributed by atoms with Crippen molar-refractivity contribution in [3.63, 3.8) is 0 Å². The molecule has 3 rings (SSSR count). The van der Waals surface area contributed by atoms with Crippen molar-refractivity contribution in [2.75, 3.05) is 19.7 Å². The molecule has 0 bridgehead atoms. The molecule has 5 heteroatoms. The van der Waals surface area contributed by atoms with Gasteiger partial charge < -0.3 is 9.30 Å². The van der Waals surface area contributed by atoms with E-state index >= 15 is 0 Å². The number of imidazole rings is 1. The average Bonchev–Trinajstić information content (AvgIpc) is 3.11. The molecule has 122 valence electrons. The summed E-state index contributed by atoms with van der Waals surface area (Å²) >= 11 is 0. The zero-order valence-electron chi connectivity index (χ0n) is 13.5. The predicted octanol–water partition coefficient (Wildman–Crippen LogP) is 2.65. The van der Waals surface area contributed by atoms with Gasteiger partial charge in [0, 0.05) is 31.2 Å². The van der Waals surface area contributed by atoms with Crippen molar-refractivity contribution in [2.45, 2.75) is 26.3 Å². The summed E-state index contributed by atoms with van der Waals surface area (Å²) in [5, 5.41) is 0. The second kappa shape index (κ2) is 7.42. The van der Waals surface area contributed by atoms with Crippen LogP contribution in [0.5, 0.6) is 0 Å². The molecule has 1 aromatic carbocycles. The van der Waals surface area contributed by atoms with Crippen LogP contribution in [0.25, 0.3) is 5.69 Å². The van der Waals surface area contributed by atoms with Gasteiger partial charge in [-0.05, 0) is 44.0 Å². The number of ether oxygens (including phenoxy) is 1. The predicted molar refractivity (Wildman–Crippen MR) is 88.2 cm³/mol. The molecule has 1 aliphatic rings. The fraction of sp³-hybridized carbons (Fsp3) is 0.444. The molecule has 1 fully saturated rings. The maximum Gasteiger partial charge on any atom is 0.310 e. The number of hydrogen-bond acceptors (Lipinski definition) is 4. The Labute approximate surface area is 136 Å². The molecule has 1 aromatic heterocycles. The fourth-order valence-electron chi connectivity index (χ4n) is 3.10. The summed E-state index contributed by atoms with van der Waals surface area (Å²) in [6, 6.07) is 8.49. The van der Waals surface area contributed by atoms with Crippen LogP contribution in [0.1, 0.15) is 25.3 Å². The van der Waals surface area contributed by atoms with Gasteiger partial charge in [-0.1, -0.05) is 12.1 Å². The zero-order chi connectivity index (χ0) is 16.1. The normalized spacial score (nSPS) is 18.7. The highest BCUT2D eigenvalue weighted by molar-refractivity contribution is 5.72. The molecule has 2 aromatic rings. The number of carbonyl (C=O) groups is 1. The Morgan fingerprint density at radius 2 is 2.17 bits per heavy atom. The van der Waals surface area contributed by atoms with E-state index in [1.807, 2.05) is 17.7 Å². The number of piperidine rings is 1. The van der Waals surface area contributed by atoms with E-state index in [4.69, 9.17) is 4.74 Å². The lowest BCUT2D eigenvalue weighted by atomic mass is 9.97. The highest BCUT2D eigenvalue weighted by Crippen LogP contribution is 2.20. The van der Waals surface area contributed by atoms with Crippen LogP contribution >= 0.6 is 0 Å². The molecule has 0 N–H and O–H groups in total. The monoisotopic (exact) mass is 313 g/mol. The molecule has 0 radical (unpaired) electrons. The summed E-state index contributed by atoms with van der Waals surface area (Å²) < 4.78 is 7.15. The van der Waals surface area contributed by atoms with Crippen LogP contribution in [0, 0.1) is 5.92 Å². The fourth-order valence-corrected chi connectivity index (χ4v) is 3.10. The molecule has 2 heterocycles. The molecule has 0 saturated carbocycles. The Balaban J connectivity index is 1.59. The summed E-state index contributed by atoms with van der Waals surface area (Å²) in [6.45, 7) is 5.03. The minimum Gasteiger partial charge on any atom is -0.466 e. The lowest BCUT2D eigenvalue weighted by Gasteiger charge is -2.31. The van der Waals surface area contributed by atoms with Gasteiger partial charge in [0.2, 0.25) is 0 Å². The Morgan fingerprint density at radius 1 is 1.35 bits per heavy atom. The van der Waals surface area contributed by atoms with E-state index in [1.54, 1.807) is 12.5 Å². The van der Waals surface area contributed by atoms with Crippen molar-refractivity contribution in [1.29, 1.82) is 0 Å². The minimum absolute atomic E-state index is 0.0221. The van der Waals surface area contributed by atoms with E-state index in [1.165, 1.54) is 5.56 Å². The van der Waals surface area contributed by atoms with Crippen LogP contribution in [0.3, 0.4) is 0 Å². The number of nitrogens with zero attached hydrogens (tertiary/aromatic N) is 3. The molecule has 0 spiro atoms. The third-order valence-corrected chi connectivity index (χ3v) is 4.27. The van der Waals surface area contributed by atoms with E-state index in [-0.39, 0.29) is 11.9 Å². The van der Waals surface area contributed by atoms with E-state index in [0.717, 1.165) is 38.2 Å². The summed E-state index contributed by atoms with van der Waals surface area (Å²) in [5.74, 6) is -0.0263. The Morgan fingerprint density at radius 3 is 2.87 bits per heavy atom. The van der Waals surface area contributed by atoms with Gasteiger partial charge in [0.05, 0.1) is 18.9 Å². The summed E-state index contributed by atoms with van der Waals surface area (Å²) in [5.41, 5.74) is 2.37. The van der Waals surface area contributed by atoms with Gasteiger partial charge in [-0.2, -0.15) is 0 Å². The van der Waals surface area contributed by atoms with Crippen molar-refractivity contribution < 1.29 is 9.53 Å². The number of benzene rings is 1. The van der Waals surface area contributed by atoms with Crippen molar-refractivity contribution >= 4 is 5.97 Å². The number of rotatable bonds is 5. The van der Waals surface area contributed by atoms with Gasteiger partial charge in [0.25, 0.3) is 0 Å². The first kappa shape index (κ1) is 15.7. The lowest BCUT2D eigenvalue weighted by Crippen LogP contribution is -2.38. The van der Waals surface area contributed by atoms with Crippen LogP contribution in [-0.4, -0.2) is 40.1 Å². The molecule has 1 unspecified atom stereocenters. The highest BCUT2D eigenvalue weighted by Gasteiger charge is 2.26. The summed E-state index contributed by atoms with van der Waals surface area (Å²) in [6.07, 6.45) is 7.50. The molecule has 23 heavy (non-hydrogen) atoms. The molecule has 0 amide bonds. The van der Waals surface area contributed by atoms with Crippen molar-refractivity contribution in [3.8, 4) is 5.69 Å². The van der Waals surface area contributed by atoms with Gasteiger partial charge >= 0.3 is 5.97 Å². The summed E-state index contributed by atoms with van der Waals surface area (Å²) in [7, 11) is 0. The quantitative estimate of drug-likeness (QED) is 0.796. The molecule has 1 saturated heterocycles. The highest BCUT2D eigenvalue weighted by atomic mass is 16.5. The van der Waals surface area contributed by atoms with Gasteiger partial charge in [-0.15, -0.1) is 0 Å². The third kappa shape index (κ3) is 3.99. The first-order chi connectivity index (χ1) is 11.3. The Kier molecular flexibility index (Phi) is 5.08. The molecular formula is C18H23N3O2. The summed E-state index contributed by atoms with van der Waals surface area (Å²) in [4.78, 5) is 18.3. The molecular weight excluding hydrogens is 290 g/mol. The van der Waals surface area contributed by atoms with E-state index in [9.17, 15) is 4.79 Å². The third-order valence-electron chi connectivity index (χ3n) is 4.27. The van der Waals surface area contributed by atoms with Gasteiger partial charge in [-0.25, -0.2) is 4.98 Å². The van der Waals surface area contributed by atoms with Crippen LogP contribution in [0.2, 0.25) is 0 Å². The van der Waals surface area contributed by atoms with Gasteiger partial charge in [0.15, 0.2) is 0 Å². The number of carbonyl (C=O) groups excluding carboxylic acids is 1. The second-order valence-electron chi connectivity index (χ2n) is 5.96. The van der Waals surface area contributed by atoms with E-state index in [0.29, 0.717) is 6.61 Å². The maximum atomic E-state index is 11.9. The van der Waals surface area contributed by atoms with Crippen LogP contribution < -0.4 is 0 Å². The van der Waals surface area contributed by atoms with Crippen molar-refractivity contribution in [3.05, 3.63) is 48.5 Å². The smallest absolute Gasteiger partial charge is 0.310 e.